The summed E-state index contributed by atoms with van der Waals surface area (Å²) < 4.78 is 127. The van der Waals surface area contributed by atoms with Gasteiger partial charge in [-0.1, -0.05) is 20.8 Å². The van der Waals surface area contributed by atoms with Crippen LogP contribution in [0, 0.1) is 46.3 Å². The van der Waals surface area contributed by atoms with Gasteiger partial charge in [0, 0.05) is 11.8 Å². The number of alkyl halides is 9. The Kier molecular flexibility index (Phi) is 8.98. The van der Waals surface area contributed by atoms with Crippen LogP contribution in [0.3, 0.4) is 0 Å². The van der Waals surface area contributed by atoms with Gasteiger partial charge in [-0.3, -0.25) is 4.79 Å². The van der Waals surface area contributed by atoms with Gasteiger partial charge in [-0.15, -0.1) is 0 Å². The summed E-state index contributed by atoms with van der Waals surface area (Å²) in [5.41, 5.74) is -1.50. The molecule has 0 radical (unpaired) electrons. The van der Waals surface area contributed by atoms with Crippen LogP contribution in [0.25, 0.3) is 0 Å². The van der Waals surface area contributed by atoms with Gasteiger partial charge < -0.3 is 9.47 Å². The number of fused-ring (bicyclic) bond motifs is 5. The number of carbonyl (C=O) groups excluding carboxylic acids is 3. The summed E-state index contributed by atoms with van der Waals surface area (Å²) in [6.07, 6.45) is -15.3. The van der Waals surface area contributed by atoms with Gasteiger partial charge in [0.1, 0.15) is 12.2 Å². The number of Topliss-reactive ketones (excluding diaryl/α,β-unsaturated/α-hetero) is 1. The molecule has 4 aliphatic rings. The molecule has 4 aliphatic carbocycles. The van der Waals surface area contributed by atoms with Crippen molar-refractivity contribution in [3.63, 3.8) is 0 Å². The molecular formula is C29H37F9O5. The van der Waals surface area contributed by atoms with Crippen molar-refractivity contribution in [3.05, 3.63) is 0 Å². The molecule has 0 N–H and O–H groups in total. The van der Waals surface area contributed by atoms with E-state index in [0.717, 1.165) is 0 Å². The quantitative estimate of drug-likeness (QED) is 0.220. The lowest BCUT2D eigenvalue weighted by Gasteiger charge is -2.62. The summed E-state index contributed by atoms with van der Waals surface area (Å²) in [5, 5.41) is 0. The first kappa shape index (κ1) is 33.9. The van der Waals surface area contributed by atoms with Crippen molar-refractivity contribution in [2.24, 2.45) is 46.3 Å². The highest BCUT2D eigenvalue weighted by Crippen LogP contribution is 2.69. The summed E-state index contributed by atoms with van der Waals surface area (Å²) in [6, 6.07) is 0. The van der Waals surface area contributed by atoms with Gasteiger partial charge in [-0.05, 0) is 98.7 Å². The zero-order valence-electron chi connectivity index (χ0n) is 24.1. The largest absolute Gasteiger partial charge is 0.490 e. The summed E-state index contributed by atoms with van der Waals surface area (Å²) in [7, 11) is 0. The molecule has 246 valence electrons. The molecule has 1 unspecified atom stereocenters. The molecule has 5 nitrogen and oxygen atoms in total. The van der Waals surface area contributed by atoms with Crippen LogP contribution in [0.5, 0.6) is 0 Å². The molecule has 43 heavy (non-hydrogen) atoms. The van der Waals surface area contributed by atoms with Gasteiger partial charge in [0.15, 0.2) is 0 Å². The van der Waals surface area contributed by atoms with Crippen LogP contribution in [-0.2, 0) is 23.9 Å². The van der Waals surface area contributed by atoms with Gasteiger partial charge in [-0.25, -0.2) is 9.59 Å². The van der Waals surface area contributed by atoms with E-state index in [9.17, 15) is 53.9 Å². The topological polar surface area (TPSA) is 69.7 Å². The first-order valence-electron chi connectivity index (χ1n) is 14.8. The summed E-state index contributed by atoms with van der Waals surface area (Å²) in [6.45, 7) is 5.39. The lowest BCUT2D eigenvalue weighted by molar-refractivity contribution is -0.231. The number of halogens is 9. The van der Waals surface area contributed by atoms with Crippen molar-refractivity contribution in [2.75, 3.05) is 0 Å². The lowest BCUT2D eigenvalue weighted by Crippen LogP contribution is -2.60. The van der Waals surface area contributed by atoms with Crippen molar-refractivity contribution >= 4 is 17.7 Å². The maximum atomic E-state index is 13.4. The molecule has 0 aromatic heterocycles. The van der Waals surface area contributed by atoms with E-state index in [2.05, 4.69) is 0 Å². The summed E-state index contributed by atoms with van der Waals surface area (Å²) in [5.74, 6) is -7.93. The van der Waals surface area contributed by atoms with Crippen LogP contribution in [0.4, 0.5) is 39.5 Å². The molecule has 0 heterocycles. The van der Waals surface area contributed by atoms with Gasteiger partial charge in [0.2, 0.25) is 5.78 Å². The Morgan fingerprint density at radius 3 is 1.95 bits per heavy atom. The van der Waals surface area contributed by atoms with Crippen LogP contribution in [0.2, 0.25) is 0 Å². The third kappa shape index (κ3) is 6.39. The van der Waals surface area contributed by atoms with Gasteiger partial charge in [-0.2, -0.15) is 39.5 Å². The fourth-order valence-electron chi connectivity index (χ4n) is 9.51. The molecule has 0 bridgehead atoms. The molecule has 10 atom stereocenters. The van der Waals surface area contributed by atoms with E-state index in [0.29, 0.717) is 32.1 Å². The third-order valence-electron chi connectivity index (χ3n) is 11.6. The Bertz CT molecular complexity index is 1090. The number of esters is 2. The SMILES string of the molecule is C[C@H](CCC(=O)C(F)(F)F)[C@H]1CC[C@H]2[C@@H]3CCC4C[C@H](OC(=O)C(F)(F)F)CC[C@]4(C)[C@H]3C[C@H](OC(=O)C(F)(F)F)[C@]12C. The number of ketones is 1. The maximum absolute atomic E-state index is 13.4. The Balaban J connectivity index is 1.59. The summed E-state index contributed by atoms with van der Waals surface area (Å²) >= 11 is 0. The predicted octanol–water partition coefficient (Wildman–Crippen LogP) is 7.75. The van der Waals surface area contributed by atoms with E-state index in [1.807, 2.05) is 6.92 Å². The smallest absolute Gasteiger partial charge is 0.456 e. The van der Waals surface area contributed by atoms with Gasteiger partial charge in [0.05, 0.1) is 0 Å². The second-order valence-electron chi connectivity index (χ2n) is 13.6. The molecule has 0 aromatic carbocycles. The van der Waals surface area contributed by atoms with E-state index in [4.69, 9.17) is 9.47 Å². The van der Waals surface area contributed by atoms with Crippen LogP contribution in [-0.4, -0.2) is 48.5 Å². The molecule has 4 fully saturated rings. The maximum Gasteiger partial charge on any atom is 0.490 e. The van der Waals surface area contributed by atoms with E-state index in [-0.39, 0.29) is 49.4 Å². The number of hydrogen-bond acceptors (Lipinski definition) is 5. The number of rotatable bonds is 6. The molecule has 14 heteroatoms. The first-order chi connectivity index (χ1) is 19.6. The van der Waals surface area contributed by atoms with Crippen molar-refractivity contribution in [3.8, 4) is 0 Å². The lowest BCUT2D eigenvalue weighted by atomic mass is 9.43. The van der Waals surface area contributed by atoms with Crippen molar-refractivity contribution in [2.45, 2.75) is 116 Å². The highest BCUT2D eigenvalue weighted by molar-refractivity contribution is 5.83. The number of ether oxygens (including phenoxy) is 2. The number of hydrogen-bond donors (Lipinski definition) is 0. The van der Waals surface area contributed by atoms with E-state index in [1.165, 1.54) is 0 Å². The average molecular weight is 637 g/mol. The highest BCUT2D eigenvalue weighted by Gasteiger charge is 2.66. The van der Waals surface area contributed by atoms with E-state index in [1.54, 1.807) is 13.8 Å². The Hall–Kier alpha value is -2.02. The molecule has 0 spiro atoms. The van der Waals surface area contributed by atoms with Crippen molar-refractivity contribution < 1.29 is 63.4 Å². The highest BCUT2D eigenvalue weighted by atomic mass is 19.4. The van der Waals surface area contributed by atoms with Crippen LogP contribution in [0.1, 0.15) is 85.0 Å². The standard InChI is InChI=1S/C29H37F9O5/c1-14(4-9-21(39)27(30,31)32)18-7-8-19-17-6-5-15-12-16(42-23(40)28(33,34)35)10-11-25(15,2)20(17)13-22(26(18,19)3)43-24(41)29(36,37)38/h14-20,22H,4-13H2,1-3H3/t14-,15?,16-,17+,18-,19+,20+,22+,25+,26-/m1/s1. The van der Waals surface area contributed by atoms with Crippen LogP contribution < -0.4 is 0 Å². The Morgan fingerprint density at radius 2 is 1.37 bits per heavy atom. The zero-order chi connectivity index (χ0) is 32.3. The van der Waals surface area contributed by atoms with Crippen molar-refractivity contribution in [1.82, 2.24) is 0 Å². The summed E-state index contributed by atoms with van der Waals surface area (Å²) in [4.78, 5) is 35.2. The second kappa shape index (κ2) is 11.4. The molecular weight excluding hydrogens is 599 g/mol. The zero-order valence-corrected chi connectivity index (χ0v) is 24.1. The van der Waals surface area contributed by atoms with Crippen LogP contribution >= 0.6 is 0 Å². The van der Waals surface area contributed by atoms with Crippen molar-refractivity contribution in [1.29, 1.82) is 0 Å². The predicted molar refractivity (Wildman–Crippen MR) is 132 cm³/mol. The minimum atomic E-state index is -5.26. The normalized spacial score (nSPS) is 38.7. The fraction of sp³-hybridized carbons (Fsp3) is 0.897. The minimum Gasteiger partial charge on any atom is -0.456 e. The molecule has 4 rings (SSSR count). The van der Waals surface area contributed by atoms with E-state index >= 15 is 0 Å². The molecule has 0 aliphatic heterocycles. The average Bonchev–Trinajstić information content (AvgIpc) is 3.24. The molecule has 0 aromatic rings. The molecule has 0 amide bonds. The van der Waals surface area contributed by atoms with Crippen LogP contribution in [0.15, 0.2) is 0 Å². The first-order valence-corrected chi connectivity index (χ1v) is 14.8. The Labute approximate surface area is 243 Å². The van der Waals surface area contributed by atoms with E-state index < -0.39 is 77.5 Å². The Morgan fingerprint density at radius 1 is 0.767 bits per heavy atom. The monoisotopic (exact) mass is 636 g/mol. The fourth-order valence-corrected chi connectivity index (χ4v) is 9.51. The molecule has 0 saturated heterocycles. The second-order valence-corrected chi connectivity index (χ2v) is 13.6. The van der Waals surface area contributed by atoms with Gasteiger partial charge >= 0.3 is 30.5 Å². The third-order valence-corrected chi connectivity index (χ3v) is 11.6. The number of carbonyl (C=O) groups is 3. The minimum absolute atomic E-state index is 0.00429. The van der Waals surface area contributed by atoms with Gasteiger partial charge in [0.25, 0.3) is 0 Å². The molecule has 4 saturated carbocycles.